The Labute approximate surface area is 193 Å². The Balaban J connectivity index is 1.39. The summed E-state index contributed by atoms with van der Waals surface area (Å²) in [6.45, 7) is 2.58. The molecular weight excluding hydrogens is 422 g/mol. The van der Waals surface area contributed by atoms with E-state index in [9.17, 15) is 4.79 Å². The van der Waals surface area contributed by atoms with Crippen LogP contribution in [-0.2, 0) is 24.4 Å². The zero-order chi connectivity index (χ0) is 22.3. The zero-order valence-electron chi connectivity index (χ0n) is 17.9. The molecular formula is C25H26ClN5O. The molecule has 3 aromatic rings. The topological polar surface area (TPSA) is 74.0 Å². The third kappa shape index (κ3) is 5.56. The van der Waals surface area contributed by atoms with Crippen LogP contribution in [0.2, 0.25) is 5.02 Å². The van der Waals surface area contributed by atoms with Crippen LogP contribution in [0.15, 0.2) is 61.1 Å². The molecule has 1 N–H and O–H groups in total. The van der Waals surface area contributed by atoms with Crippen LogP contribution < -0.4 is 5.32 Å². The van der Waals surface area contributed by atoms with E-state index < -0.39 is 0 Å². The monoisotopic (exact) mass is 447 g/mol. The number of carbonyl (C=O) groups excluding carboxylic acids is 1. The summed E-state index contributed by atoms with van der Waals surface area (Å²) in [6, 6.07) is 17.2. The van der Waals surface area contributed by atoms with Gasteiger partial charge in [-0.1, -0.05) is 35.9 Å². The molecule has 164 valence electrons. The molecule has 1 fully saturated rings. The number of nitriles is 1. The van der Waals surface area contributed by atoms with Crippen molar-refractivity contribution in [3.8, 4) is 6.07 Å². The smallest absolute Gasteiger partial charge is 0.240 e. The maximum Gasteiger partial charge on any atom is 0.240 e. The number of amides is 1. The first kappa shape index (κ1) is 22.1. The minimum absolute atomic E-state index is 0.139. The summed E-state index contributed by atoms with van der Waals surface area (Å²) in [4.78, 5) is 19.4. The number of imidazole rings is 1. The second kappa shape index (κ2) is 10.4. The van der Waals surface area contributed by atoms with Crippen molar-refractivity contribution in [2.45, 2.75) is 44.9 Å². The number of hydrogen-bond donors (Lipinski definition) is 1. The quantitative estimate of drug-likeness (QED) is 0.591. The van der Waals surface area contributed by atoms with Gasteiger partial charge in [-0.05, 0) is 54.7 Å². The van der Waals surface area contributed by atoms with Crippen molar-refractivity contribution in [1.82, 2.24) is 19.8 Å². The second-order valence-electron chi connectivity index (χ2n) is 8.14. The molecule has 2 aromatic carbocycles. The van der Waals surface area contributed by atoms with Crippen molar-refractivity contribution in [1.29, 1.82) is 5.26 Å². The van der Waals surface area contributed by atoms with E-state index in [0.717, 1.165) is 42.6 Å². The molecule has 0 spiro atoms. The summed E-state index contributed by atoms with van der Waals surface area (Å²) in [5.74, 6) is 0.139. The number of likely N-dealkylation sites (tertiary alicyclic amines) is 1. The van der Waals surface area contributed by atoms with E-state index in [0.29, 0.717) is 30.2 Å². The average molecular weight is 448 g/mol. The molecule has 1 aliphatic rings. The van der Waals surface area contributed by atoms with Crippen molar-refractivity contribution in [3.05, 3.63) is 88.5 Å². The van der Waals surface area contributed by atoms with E-state index in [-0.39, 0.29) is 11.9 Å². The number of hydrogen-bond acceptors (Lipinski definition) is 4. The Morgan fingerprint density at radius 1 is 1.12 bits per heavy atom. The van der Waals surface area contributed by atoms with E-state index >= 15 is 0 Å². The molecule has 0 unspecified atom stereocenters. The van der Waals surface area contributed by atoms with Gasteiger partial charge in [0.25, 0.3) is 0 Å². The third-order valence-electron chi connectivity index (χ3n) is 5.81. The van der Waals surface area contributed by atoms with Gasteiger partial charge in [0.2, 0.25) is 5.91 Å². The Morgan fingerprint density at radius 3 is 2.75 bits per heavy atom. The van der Waals surface area contributed by atoms with E-state index in [1.807, 2.05) is 59.6 Å². The summed E-state index contributed by atoms with van der Waals surface area (Å²) in [6.07, 6.45) is 6.48. The fourth-order valence-electron chi connectivity index (χ4n) is 4.05. The van der Waals surface area contributed by atoms with Crippen LogP contribution in [0.25, 0.3) is 0 Å². The van der Waals surface area contributed by atoms with Crippen molar-refractivity contribution in [2.24, 2.45) is 0 Å². The van der Waals surface area contributed by atoms with Crippen LogP contribution >= 0.6 is 11.6 Å². The molecule has 1 atom stereocenters. The van der Waals surface area contributed by atoms with Crippen molar-refractivity contribution >= 4 is 17.5 Å². The number of benzene rings is 2. The summed E-state index contributed by atoms with van der Waals surface area (Å²) in [5, 5.41) is 13.1. The van der Waals surface area contributed by atoms with Gasteiger partial charge in [0.1, 0.15) is 0 Å². The van der Waals surface area contributed by atoms with Gasteiger partial charge in [-0.2, -0.15) is 5.26 Å². The lowest BCUT2D eigenvalue weighted by Crippen LogP contribution is -2.44. The molecule has 6 nitrogen and oxygen atoms in total. The molecule has 4 rings (SSSR count). The van der Waals surface area contributed by atoms with Gasteiger partial charge in [-0.3, -0.25) is 4.79 Å². The standard InChI is InChI=1S/C25H26ClN5O/c26-22-5-3-4-21(12-22)17-30-11-2-1-6-24(25(30)32)29-15-23-14-28-18-31(23)16-20-9-7-19(13-27)8-10-20/h3-5,7-10,12,14,18,24,29H,1-2,6,11,15-17H2/t24-/m0/s1. The minimum atomic E-state index is -0.213. The van der Waals surface area contributed by atoms with Gasteiger partial charge in [0, 0.05) is 37.4 Å². The highest BCUT2D eigenvalue weighted by Crippen LogP contribution is 2.18. The van der Waals surface area contributed by atoms with Gasteiger partial charge < -0.3 is 14.8 Å². The largest absolute Gasteiger partial charge is 0.337 e. The van der Waals surface area contributed by atoms with Gasteiger partial charge in [-0.15, -0.1) is 0 Å². The van der Waals surface area contributed by atoms with E-state index in [2.05, 4.69) is 20.9 Å². The maximum atomic E-state index is 13.2. The van der Waals surface area contributed by atoms with Crippen LogP contribution in [0, 0.1) is 11.3 Å². The Kier molecular flexibility index (Phi) is 7.21. The lowest BCUT2D eigenvalue weighted by atomic mass is 10.1. The minimum Gasteiger partial charge on any atom is -0.337 e. The van der Waals surface area contributed by atoms with E-state index in [1.165, 1.54) is 0 Å². The summed E-state index contributed by atoms with van der Waals surface area (Å²) < 4.78 is 2.07. The van der Waals surface area contributed by atoms with Crippen LogP contribution in [0.4, 0.5) is 0 Å². The lowest BCUT2D eigenvalue weighted by Gasteiger charge is -2.25. The fraction of sp³-hybridized carbons (Fsp3) is 0.320. The predicted octanol–water partition coefficient (Wildman–Crippen LogP) is 4.13. The molecule has 32 heavy (non-hydrogen) atoms. The van der Waals surface area contributed by atoms with Crippen LogP contribution in [0.1, 0.15) is 41.6 Å². The molecule has 1 aromatic heterocycles. The number of halogens is 1. The first-order valence-electron chi connectivity index (χ1n) is 10.9. The van der Waals surface area contributed by atoms with Crippen LogP contribution in [-0.4, -0.2) is 32.9 Å². The third-order valence-corrected chi connectivity index (χ3v) is 6.04. The highest BCUT2D eigenvalue weighted by molar-refractivity contribution is 6.30. The number of rotatable bonds is 7. The number of nitrogens with one attached hydrogen (secondary N) is 1. The molecule has 1 saturated heterocycles. The molecule has 0 saturated carbocycles. The summed E-state index contributed by atoms with van der Waals surface area (Å²) >= 11 is 6.12. The molecule has 1 aliphatic heterocycles. The molecule has 0 aliphatic carbocycles. The normalized spacial score (nSPS) is 16.6. The summed E-state index contributed by atoms with van der Waals surface area (Å²) in [5.41, 5.74) is 3.82. The number of nitrogens with zero attached hydrogens (tertiary/aromatic N) is 4. The van der Waals surface area contributed by atoms with Crippen molar-refractivity contribution in [3.63, 3.8) is 0 Å². The Hall–Kier alpha value is -3.14. The Bertz CT molecular complexity index is 1100. The molecule has 0 bridgehead atoms. The first-order valence-corrected chi connectivity index (χ1v) is 11.2. The van der Waals surface area contributed by atoms with Crippen LogP contribution in [0.5, 0.6) is 0 Å². The zero-order valence-corrected chi connectivity index (χ0v) is 18.6. The number of aromatic nitrogens is 2. The molecule has 0 radical (unpaired) electrons. The van der Waals surface area contributed by atoms with Gasteiger partial charge in [0.05, 0.1) is 29.7 Å². The van der Waals surface area contributed by atoms with Gasteiger partial charge in [0.15, 0.2) is 0 Å². The first-order chi connectivity index (χ1) is 15.6. The van der Waals surface area contributed by atoms with Crippen molar-refractivity contribution < 1.29 is 4.79 Å². The predicted molar refractivity (Wildman–Crippen MR) is 124 cm³/mol. The highest BCUT2D eigenvalue weighted by Gasteiger charge is 2.27. The molecule has 7 heteroatoms. The lowest BCUT2D eigenvalue weighted by molar-refractivity contribution is -0.133. The molecule has 2 heterocycles. The SMILES string of the molecule is N#Cc1ccc(Cn2cncc2CN[C@H]2CCCCN(Cc3cccc(Cl)c3)C2=O)cc1. The summed E-state index contributed by atoms with van der Waals surface area (Å²) in [7, 11) is 0. The highest BCUT2D eigenvalue weighted by atomic mass is 35.5. The fourth-order valence-corrected chi connectivity index (χ4v) is 4.27. The van der Waals surface area contributed by atoms with E-state index in [4.69, 9.17) is 16.9 Å². The second-order valence-corrected chi connectivity index (χ2v) is 8.58. The number of carbonyl (C=O) groups is 1. The van der Waals surface area contributed by atoms with Crippen LogP contribution in [0.3, 0.4) is 0 Å². The average Bonchev–Trinajstić information content (AvgIpc) is 3.17. The van der Waals surface area contributed by atoms with E-state index in [1.54, 1.807) is 6.33 Å². The van der Waals surface area contributed by atoms with Gasteiger partial charge in [-0.25, -0.2) is 4.98 Å². The maximum absolute atomic E-state index is 13.2. The molecule has 1 amide bonds. The van der Waals surface area contributed by atoms with Crippen molar-refractivity contribution in [2.75, 3.05) is 6.54 Å². The van der Waals surface area contributed by atoms with Gasteiger partial charge >= 0.3 is 0 Å². The Morgan fingerprint density at radius 2 is 1.97 bits per heavy atom.